The van der Waals surface area contributed by atoms with Crippen molar-refractivity contribution in [3.63, 3.8) is 0 Å². The Morgan fingerprint density at radius 3 is 2.60 bits per heavy atom. The second-order valence-corrected chi connectivity index (χ2v) is 5.70. The van der Waals surface area contributed by atoms with Gasteiger partial charge in [0.1, 0.15) is 5.60 Å². The van der Waals surface area contributed by atoms with Crippen LogP contribution in [-0.2, 0) is 22.6 Å². The zero-order valence-electron chi connectivity index (χ0n) is 11.8. The molecule has 0 aromatic heterocycles. The predicted molar refractivity (Wildman–Crippen MR) is 77.4 cm³/mol. The number of nitrogens with one attached hydrogen (secondary N) is 2. The van der Waals surface area contributed by atoms with Gasteiger partial charge in [0.05, 0.1) is 0 Å². The second kappa shape index (κ2) is 7.14. The van der Waals surface area contributed by atoms with E-state index in [2.05, 4.69) is 10.6 Å². The highest BCUT2D eigenvalue weighted by Gasteiger charge is 2.16. The number of ether oxygens (including phenoxy) is 1. The van der Waals surface area contributed by atoms with Crippen LogP contribution in [0.15, 0.2) is 18.2 Å². The number of hydrogen-bond donors (Lipinski definition) is 2. The molecule has 0 atom stereocenters. The van der Waals surface area contributed by atoms with Gasteiger partial charge in [-0.05, 0) is 44.0 Å². The van der Waals surface area contributed by atoms with Gasteiger partial charge in [-0.25, -0.2) is 4.79 Å². The molecule has 110 valence electrons. The summed E-state index contributed by atoms with van der Waals surface area (Å²) >= 11 is 5.92. The second-order valence-electron chi connectivity index (χ2n) is 5.27. The third-order valence-electron chi connectivity index (χ3n) is 2.37. The average molecular weight is 299 g/mol. The third kappa shape index (κ3) is 5.93. The number of rotatable bonds is 5. The molecule has 0 radical (unpaired) electrons. The first-order valence-electron chi connectivity index (χ1n) is 6.23. The van der Waals surface area contributed by atoms with E-state index in [-0.39, 0.29) is 0 Å². The first-order chi connectivity index (χ1) is 9.31. The number of hydrogen-bond acceptors (Lipinski definition) is 3. The lowest BCUT2D eigenvalue weighted by Gasteiger charge is -2.20. The topological polar surface area (TPSA) is 67.4 Å². The van der Waals surface area contributed by atoms with Crippen LogP contribution in [-0.4, -0.2) is 18.1 Å². The number of carbonyl (C=O) groups excluding carboxylic acids is 2. The smallest absolute Gasteiger partial charge is 0.407 e. The Morgan fingerprint density at radius 1 is 1.30 bits per heavy atom. The summed E-state index contributed by atoms with van der Waals surface area (Å²) in [5.41, 5.74) is 1.18. The molecule has 0 fully saturated rings. The molecule has 1 rings (SSSR count). The summed E-state index contributed by atoms with van der Waals surface area (Å²) in [6, 6.07) is 5.30. The predicted octanol–water partition coefficient (Wildman–Crippen LogP) is 2.61. The van der Waals surface area contributed by atoms with Crippen molar-refractivity contribution in [1.82, 2.24) is 10.6 Å². The quantitative estimate of drug-likeness (QED) is 0.821. The van der Waals surface area contributed by atoms with Crippen LogP contribution in [0.4, 0.5) is 4.79 Å². The lowest BCUT2D eigenvalue weighted by Crippen LogP contribution is -2.32. The van der Waals surface area contributed by atoms with Crippen molar-refractivity contribution in [3.8, 4) is 0 Å². The van der Waals surface area contributed by atoms with E-state index in [1.807, 2.05) is 6.07 Å². The minimum absolute atomic E-state index is 0.307. The van der Waals surface area contributed by atoms with Crippen molar-refractivity contribution in [3.05, 3.63) is 34.3 Å². The molecule has 0 spiro atoms. The van der Waals surface area contributed by atoms with Gasteiger partial charge >= 0.3 is 6.09 Å². The summed E-state index contributed by atoms with van der Waals surface area (Å²) in [4.78, 5) is 22.0. The largest absolute Gasteiger partial charge is 0.444 e. The minimum Gasteiger partial charge on any atom is -0.444 e. The Morgan fingerprint density at radius 2 is 2.00 bits per heavy atom. The number of amides is 2. The molecule has 0 heterocycles. The fourth-order valence-corrected chi connectivity index (χ4v) is 1.76. The standard InChI is InChI=1S/C14H19ClN2O3/c1-14(2,3)20-13(19)17-8-10-4-5-12(15)6-11(10)7-16-9-18/h4-6,9H,7-8H2,1-3H3,(H,16,18)(H,17,19). The number of alkyl carbamates (subject to hydrolysis) is 1. The van der Waals surface area contributed by atoms with Crippen molar-refractivity contribution in [1.29, 1.82) is 0 Å². The van der Waals surface area contributed by atoms with Gasteiger partial charge < -0.3 is 15.4 Å². The molecular weight excluding hydrogens is 280 g/mol. The lowest BCUT2D eigenvalue weighted by atomic mass is 10.1. The number of carbonyl (C=O) groups is 2. The molecule has 2 amide bonds. The van der Waals surface area contributed by atoms with Gasteiger partial charge in [-0.2, -0.15) is 0 Å². The van der Waals surface area contributed by atoms with E-state index in [0.717, 1.165) is 11.1 Å². The van der Waals surface area contributed by atoms with Gasteiger partial charge in [-0.3, -0.25) is 4.79 Å². The van der Waals surface area contributed by atoms with Crippen LogP contribution in [0.3, 0.4) is 0 Å². The van der Waals surface area contributed by atoms with E-state index >= 15 is 0 Å². The maximum Gasteiger partial charge on any atom is 0.407 e. The van der Waals surface area contributed by atoms with Gasteiger partial charge in [-0.1, -0.05) is 17.7 Å². The van der Waals surface area contributed by atoms with E-state index in [4.69, 9.17) is 16.3 Å². The maximum atomic E-state index is 11.6. The highest BCUT2D eigenvalue weighted by molar-refractivity contribution is 6.30. The molecule has 0 aliphatic rings. The molecule has 0 aliphatic heterocycles. The molecule has 0 saturated heterocycles. The van der Waals surface area contributed by atoms with Crippen molar-refractivity contribution < 1.29 is 14.3 Å². The highest BCUT2D eigenvalue weighted by Crippen LogP contribution is 2.16. The van der Waals surface area contributed by atoms with Gasteiger partial charge in [0, 0.05) is 18.1 Å². The zero-order chi connectivity index (χ0) is 15.2. The Kier molecular flexibility index (Phi) is 5.82. The average Bonchev–Trinajstić information content (AvgIpc) is 2.33. The van der Waals surface area contributed by atoms with Crippen LogP contribution in [0.1, 0.15) is 31.9 Å². The summed E-state index contributed by atoms with van der Waals surface area (Å²) in [7, 11) is 0. The van der Waals surface area contributed by atoms with Gasteiger partial charge in [0.25, 0.3) is 0 Å². The molecule has 0 aliphatic carbocycles. The van der Waals surface area contributed by atoms with E-state index in [1.165, 1.54) is 0 Å². The first kappa shape index (κ1) is 16.3. The molecule has 20 heavy (non-hydrogen) atoms. The zero-order valence-corrected chi connectivity index (χ0v) is 12.6. The molecule has 1 aromatic carbocycles. The Bertz CT molecular complexity index is 484. The molecule has 0 bridgehead atoms. The van der Waals surface area contributed by atoms with E-state index in [9.17, 15) is 9.59 Å². The Hall–Kier alpha value is -1.75. The summed E-state index contributed by atoms with van der Waals surface area (Å²) in [5.74, 6) is 0. The maximum absolute atomic E-state index is 11.6. The monoisotopic (exact) mass is 298 g/mol. The molecular formula is C14H19ClN2O3. The fraction of sp³-hybridized carbons (Fsp3) is 0.429. The van der Waals surface area contributed by atoms with Crippen molar-refractivity contribution >= 4 is 24.1 Å². The van der Waals surface area contributed by atoms with Crippen molar-refractivity contribution in [2.24, 2.45) is 0 Å². The van der Waals surface area contributed by atoms with Gasteiger partial charge in [0.2, 0.25) is 6.41 Å². The number of benzene rings is 1. The summed E-state index contributed by atoms with van der Waals surface area (Å²) < 4.78 is 5.16. The van der Waals surface area contributed by atoms with Crippen LogP contribution >= 0.6 is 11.6 Å². The lowest BCUT2D eigenvalue weighted by molar-refractivity contribution is -0.109. The fourth-order valence-electron chi connectivity index (χ4n) is 1.56. The van der Waals surface area contributed by atoms with E-state index in [0.29, 0.717) is 24.5 Å². The van der Waals surface area contributed by atoms with Gasteiger partial charge in [0.15, 0.2) is 0 Å². The summed E-state index contributed by atoms with van der Waals surface area (Å²) in [5, 5.41) is 5.82. The molecule has 1 aromatic rings. The molecule has 0 saturated carbocycles. The Labute approximate surface area is 123 Å². The summed E-state index contributed by atoms with van der Waals surface area (Å²) in [6.45, 7) is 6.06. The normalized spacial score (nSPS) is 10.8. The first-order valence-corrected chi connectivity index (χ1v) is 6.61. The van der Waals surface area contributed by atoms with E-state index < -0.39 is 11.7 Å². The van der Waals surface area contributed by atoms with Crippen LogP contribution in [0.25, 0.3) is 0 Å². The van der Waals surface area contributed by atoms with Crippen molar-refractivity contribution in [2.45, 2.75) is 39.5 Å². The van der Waals surface area contributed by atoms with Crippen LogP contribution in [0.5, 0.6) is 0 Å². The van der Waals surface area contributed by atoms with Crippen LogP contribution in [0.2, 0.25) is 5.02 Å². The summed E-state index contributed by atoms with van der Waals surface area (Å²) in [6.07, 6.45) is 0.133. The van der Waals surface area contributed by atoms with Gasteiger partial charge in [-0.15, -0.1) is 0 Å². The molecule has 6 heteroatoms. The van der Waals surface area contributed by atoms with E-state index in [1.54, 1.807) is 32.9 Å². The van der Waals surface area contributed by atoms with Crippen LogP contribution in [0, 0.1) is 0 Å². The van der Waals surface area contributed by atoms with Crippen molar-refractivity contribution in [2.75, 3.05) is 0 Å². The minimum atomic E-state index is -0.536. The Balaban J connectivity index is 2.67. The number of halogens is 1. The SMILES string of the molecule is CC(C)(C)OC(=O)NCc1ccc(Cl)cc1CNC=O. The third-order valence-corrected chi connectivity index (χ3v) is 2.60. The molecule has 0 unspecified atom stereocenters. The van der Waals surface area contributed by atoms with Crippen LogP contribution < -0.4 is 10.6 Å². The molecule has 2 N–H and O–H groups in total. The highest BCUT2D eigenvalue weighted by atomic mass is 35.5. The molecule has 5 nitrogen and oxygen atoms in total.